The van der Waals surface area contributed by atoms with E-state index in [-0.39, 0.29) is 35.5 Å². The van der Waals surface area contributed by atoms with E-state index in [0.717, 1.165) is 0 Å². The maximum atomic E-state index is 12.6. The smallest absolute Gasteiger partial charge is 0.245 e. The van der Waals surface area contributed by atoms with Gasteiger partial charge in [0.25, 0.3) is 0 Å². The summed E-state index contributed by atoms with van der Waals surface area (Å²) in [7, 11) is 3.32. The molecule has 1 heterocycles. The van der Waals surface area contributed by atoms with Crippen molar-refractivity contribution in [2.24, 2.45) is 17.8 Å². The van der Waals surface area contributed by atoms with E-state index in [1.165, 1.54) is 9.80 Å². The second kappa shape index (κ2) is 6.00. The molecule has 2 rings (SSSR count). The number of imide groups is 1. The summed E-state index contributed by atoms with van der Waals surface area (Å²) < 4.78 is 0. The fraction of sp³-hybridized carbons (Fsp3) is 0.688. The van der Waals surface area contributed by atoms with Crippen LogP contribution < -0.4 is 0 Å². The Morgan fingerprint density at radius 2 is 1.67 bits per heavy atom. The van der Waals surface area contributed by atoms with E-state index in [1.807, 2.05) is 26.0 Å². The van der Waals surface area contributed by atoms with Crippen LogP contribution in [0.15, 0.2) is 12.2 Å². The van der Waals surface area contributed by atoms with Crippen LogP contribution in [-0.4, -0.2) is 47.7 Å². The molecule has 1 fully saturated rings. The van der Waals surface area contributed by atoms with E-state index >= 15 is 0 Å². The van der Waals surface area contributed by atoms with Gasteiger partial charge in [-0.2, -0.15) is 0 Å². The predicted octanol–water partition coefficient (Wildman–Crippen LogP) is 1.44. The summed E-state index contributed by atoms with van der Waals surface area (Å²) in [6.07, 6.45) is 5.65. The number of amides is 3. The van der Waals surface area contributed by atoms with E-state index in [0.29, 0.717) is 19.3 Å². The molecule has 1 aliphatic carbocycles. The second-order valence-electron chi connectivity index (χ2n) is 6.58. The minimum absolute atomic E-state index is 0.169. The highest BCUT2D eigenvalue weighted by Crippen LogP contribution is 2.37. The molecule has 5 nitrogen and oxygen atoms in total. The van der Waals surface area contributed by atoms with Crippen molar-refractivity contribution in [2.45, 2.75) is 39.2 Å². The molecule has 0 aromatic carbocycles. The first-order chi connectivity index (χ1) is 9.84. The van der Waals surface area contributed by atoms with E-state index in [1.54, 1.807) is 14.1 Å². The van der Waals surface area contributed by atoms with E-state index in [9.17, 15) is 14.4 Å². The second-order valence-corrected chi connectivity index (χ2v) is 6.58. The van der Waals surface area contributed by atoms with Gasteiger partial charge in [-0.25, -0.2) is 0 Å². The van der Waals surface area contributed by atoms with Gasteiger partial charge >= 0.3 is 0 Å². The Balaban J connectivity index is 2.29. The molecule has 0 spiro atoms. The van der Waals surface area contributed by atoms with Crippen LogP contribution in [0.25, 0.3) is 0 Å². The first-order valence-corrected chi connectivity index (χ1v) is 7.57. The summed E-state index contributed by atoms with van der Waals surface area (Å²) in [4.78, 5) is 40.3. The molecule has 0 radical (unpaired) electrons. The lowest BCUT2D eigenvalue weighted by atomic mass is 9.85. The molecule has 21 heavy (non-hydrogen) atoms. The number of nitrogens with zero attached hydrogens (tertiary/aromatic N) is 2. The van der Waals surface area contributed by atoms with Crippen LogP contribution in [0.3, 0.4) is 0 Å². The van der Waals surface area contributed by atoms with Crippen LogP contribution in [0.4, 0.5) is 0 Å². The van der Waals surface area contributed by atoms with Gasteiger partial charge in [-0.1, -0.05) is 26.0 Å². The van der Waals surface area contributed by atoms with Gasteiger partial charge in [0.05, 0.1) is 11.8 Å². The van der Waals surface area contributed by atoms with Crippen molar-refractivity contribution in [1.29, 1.82) is 0 Å². The number of carbonyl (C=O) groups excluding carboxylic acids is 3. The van der Waals surface area contributed by atoms with Gasteiger partial charge in [0.15, 0.2) is 0 Å². The van der Waals surface area contributed by atoms with E-state index < -0.39 is 6.04 Å². The van der Waals surface area contributed by atoms with Crippen LogP contribution in [0.1, 0.15) is 33.1 Å². The monoisotopic (exact) mass is 292 g/mol. The molecule has 3 amide bonds. The molecule has 0 N–H and O–H groups in total. The zero-order valence-corrected chi connectivity index (χ0v) is 13.2. The van der Waals surface area contributed by atoms with Crippen LogP contribution in [0.2, 0.25) is 0 Å². The third kappa shape index (κ3) is 2.87. The Bertz CT molecular complexity index is 456. The fourth-order valence-electron chi connectivity index (χ4n) is 3.19. The lowest BCUT2D eigenvalue weighted by Gasteiger charge is -2.29. The summed E-state index contributed by atoms with van der Waals surface area (Å²) in [6, 6.07) is -0.661. The van der Waals surface area contributed by atoms with Gasteiger partial charge < -0.3 is 4.90 Å². The van der Waals surface area contributed by atoms with Crippen molar-refractivity contribution in [3.8, 4) is 0 Å². The molecular weight excluding hydrogens is 268 g/mol. The highest BCUT2D eigenvalue weighted by atomic mass is 16.2. The zero-order chi connectivity index (χ0) is 15.7. The molecule has 0 saturated carbocycles. The molecular formula is C16H24N2O3. The Hall–Kier alpha value is -1.65. The minimum Gasteiger partial charge on any atom is -0.347 e. The summed E-state index contributed by atoms with van der Waals surface area (Å²) >= 11 is 0. The SMILES string of the molecule is CC(C)CC(C(=O)N(C)C)N1C(=O)C2CC=CCC2C1=O. The van der Waals surface area contributed by atoms with Gasteiger partial charge in [-0.3, -0.25) is 19.3 Å². The van der Waals surface area contributed by atoms with Crippen molar-refractivity contribution in [1.82, 2.24) is 9.80 Å². The number of fused-ring (bicyclic) bond motifs is 1. The number of likely N-dealkylation sites (tertiary alicyclic amines) is 1. The molecule has 1 saturated heterocycles. The van der Waals surface area contributed by atoms with Crippen LogP contribution in [0.5, 0.6) is 0 Å². The van der Waals surface area contributed by atoms with Gasteiger partial charge in [0.2, 0.25) is 17.7 Å². The Morgan fingerprint density at radius 1 is 1.19 bits per heavy atom. The summed E-state index contributed by atoms with van der Waals surface area (Å²) in [5.41, 5.74) is 0. The van der Waals surface area contributed by atoms with Gasteiger partial charge in [0.1, 0.15) is 6.04 Å². The van der Waals surface area contributed by atoms with Gasteiger partial charge in [-0.15, -0.1) is 0 Å². The Morgan fingerprint density at radius 3 is 2.05 bits per heavy atom. The molecule has 0 aromatic heterocycles. The standard InChI is InChI=1S/C16H24N2O3/c1-10(2)9-13(16(21)17(3)4)18-14(19)11-7-5-6-8-12(11)15(18)20/h5-6,10-13H,7-9H2,1-4H3. The number of carbonyl (C=O) groups is 3. The molecule has 0 bridgehead atoms. The Kier molecular flexibility index (Phi) is 4.49. The maximum Gasteiger partial charge on any atom is 0.245 e. The van der Waals surface area contributed by atoms with Gasteiger partial charge in [-0.05, 0) is 25.2 Å². The summed E-state index contributed by atoms with van der Waals surface area (Å²) in [5, 5.41) is 0. The highest BCUT2D eigenvalue weighted by molar-refractivity contribution is 6.08. The van der Waals surface area contributed by atoms with Crippen molar-refractivity contribution in [3.63, 3.8) is 0 Å². The molecule has 116 valence electrons. The number of allylic oxidation sites excluding steroid dienone is 2. The lowest BCUT2D eigenvalue weighted by Crippen LogP contribution is -2.50. The van der Waals surface area contributed by atoms with Crippen LogP contribution >= 0.6 is 0 Å². The van der Waals surface area contributed by atoms with Crippen molar-refractivity contribution >= 4 is 17.7 Å². The van der Waals surface area contributed by atoms with Crippen LogP contribution in [-0.2, 0) is 14.4 Å². The van der Waals surface area contributed by atoms with Crippen LogP contribution in [0, 0.1) is 17.8 Å². The molecule has 5 heteroatoms. The highest BCUT2D eigenvalue weighted by Gasteiger charge is 2.51. The van der Waals surface area contributed by atoms with E-state index in [4.69, 9.17) is 0 Å². The topological polar surface area (TPSA) is 57.7 Å². The first kappa shape index (κ1) is 15.7. The molecule has 3 unspecified atom stereocenters. The summed E-state index contributed by atoms with van der Waals surface area (Å²) in [5.74, 6) is -0.818. The molecule has 1 aliphatic heterocycles. The summed E-state index contributed by atoms with van der Waals surface area (Å²) in [6.45, 7) is 3.99. The third-order valence-electron chi connectivity index (χ3n) is 4.27. The fourth-order valence-corrected chi connectivity index (χ4v) is 3.19. The predicted molar refractivity (Wildman–Crippen MR) is 79.1 cm³/mol. The average molecular weight is 292 g/mol. The largest absolute Gasteiger partial charge is 0.347 e. The number of rotatable bonds is 4. The van der Waals surface area contributed by atoms with E-state index in [2.05, 4.69) is 0 Å². The van der Waals surface area contributed by atoms with Crippen molar-refractivity contribution in [2.75, 3.05) is 14.1 Å². The van der Waals surface area contributed by atoms with Crippen molar-refractivity contribution < 1.29 is 14.4 Å². The zero-order valence-electron chi connectivity index (χ0n) is 13.2. The number of likely N-dealkylation sites (N-methyl/N-ethyl adjacent to an activating group) is 1. The maximum absolute atomic E-state index is 12.6. The number of hydrogen-bond acceptors (Lipinski definition) is 3. The average Bonchev–Trinajstić information content (AvgIpc) is 2.68. The quantitative estimate of drug-likeness (QED) is 0.582. The molecule has 2 aliphatic rings. The molecule has 3 atom stereocenters. The lowest BCUT2D eigenvalue weighted by molar-refractivity contribution is -0.151. The third-order valence-corrected chi connectivity index (χ3v) is 4.27. The first-order valence-electron chi connectivity index (χ1n) is 7.57. The van der Waals surface area contributed by atoms with Crippen molar-refractivity contribution in [3.05, 3.63) is 12.2 Å². The number of hydrogen-bond donors (Lipinski definition) is 0. The van der Waals surface area contributed by atoms with Gasteiger partial charge in [0, 0.05) is 14.1 Å². The minimum atomic E-state index is -0.661. The Labute approximate surface area is 126 Å². The molecule has 0 aromatic rings. The normalized spacial score (nSPS) is 26.2.